The summed E-state index contributed by atoms with van der Waals surface area (Å²) in [6.07, 6.45) is 0.367. The van der Waals surface area contributed by atoms with Crippen molar-refractivity contribution in [2.45, 2.75) is 12.6 Å². The summed E-state index contributed by atoms with van der Waals surface area (Å²) in [4.78, 5) is 13.4. The Labute approximate surface area is 204 Å². The molecule has 0 saturated carbocycles. The average Bonchev–Trinajstić information content (AvgIpc) is 3.48. The number of thiazole rings is 1. The summed E-state index contributed by atoms with van der Waals surface area (Å²) in [5.41, 5.74) is 7.18. The number of nitrogens with two attached hydrogens (primary N) is 1. The highest BCUT2D eigenvalue weighted by Crippen LogP contribution is 2.41. The Morgan fingerprint density at radius 1 is 1.09 bits per heavy atom. The van der Waals surface area contributed by atoms with E-state index in [1.165, 1.54) is 35.7 Å². The fraction of sp³-hybridized carbons (Fsp3) is 0.174. The van der Waals surface area contributed by atoms with Gasteiger partial charge in [-0.25, -0.2) is 23.7 Å². The Kier molecular flexibility index (Phi) is 6.17. The first-order valence-electron chi connectivity index (χ1n) is 10.7. The van der Waals surface area contributed by atoms with Gasteiger partial charge in [-0.2, -0.15) is 12.7 Å². The first-order valence-corrected chi connectivity index (χ1v) is 12.9. The van der Waals surface area contributed by atoms with E-state index in [4.69, 9.17) is 5.73 Å². The Hall–Kier alpha value is -3.48. The third kappa shape index (κ3) is 4.72. The molecule has 2 aromatic carbocycles. The Morgan fingerprint density at radius 3 is 2.60 bits per heavy atom. The lowest BCUT2D eigenvalue weighted by Gasteiger charge is -2.18. The SMILES string of the molecule is Nc1nccc(-c2sc(-c3ccccc3)nc2-c2cccc(NS(=O)(=O)N3CC[C@H](F)C3)c2F)n1. The summed E-state index contributed by atoms with van der Waals surface area (Å²) in [5, 5.41) is 0.629. The summed E-state index contributed by atoms with van der Waals surface area (Å²) in [5.74, 6) is -0.748. The van der Waals surface area contributed by atoms with E-state index in [2.05, 4.69) is 19.7 Å². The van der Waals surface area contributed by atoms with Crippen molar-refractivity contribution < 1.29 is 17.2 Å². The van der Waals surface area contributed by atoms with Crippen molar-refractivity contribution in [1.29, 1.82) is 0 Å². The van der Waals surface area contributed by atoms with E-state index in [-0.39, 0.29) is 42.4 Å². The van der Waals surface area contributed by atoms with Crippen LogP contribution < -0.4 is 10.5 Å². The van der Waals surface area contributed by atoms with Crippen molar-refractivity contribution in [3.63, 3.8) is 0 Å². The minimum absolute atomic E-state index is 0.0314. The van der Waals surface area contributed by atoms with Crippen LogP contribution in [-0.4, -0.2) is 46.9 Å². The smallest absolute Gasteiger partial charge is 0.301 e. The number of nitrogen functional groups attached to an aromatic ring is 1. The lowest BCUT2D eigenvalue weighted by atomic mass is 10.1. The highest BCUT2D eigenvalue weighted by molar-refractivity contribution is 7.90. The van der Waals surface area contributed by atoms with Crippen molar-refractivity contribution in [3.05, 3.63) is 66.6 Å². The van der Waals surface area contributed by atoms with Gasteiger partial charge in [0.25, 0.3) is 0 Å². The molecule has 0 unspecified atom stereocenters. The molecule has 1 saturated heterocycles. The predicted octanol–water partition coefficient (Wildman–Crippen LogP) is 4.36. The van der Waals surface area contributed by atoms with Crippen LogP contribution in [-0.2, 0) is 10.2 Å². The van der Waals surface area contributed by atoms with Gasteiger partial charge in [0.1, 0.15) is 11.2 Å². The average molecular weight is 515 g/mol. The van der Waals surface area contributed by atoms with E-state index < -0.39 is 22.2 Å². The van der Waals surface area contributed by atoms with Crippen LogP contribution in [0.15, 0.2) is 60.8 Å². The maximum absolute atomic E-state index is 15.7. The van der Waals surface area contributed by atoms with Crippen molar-refractivity contribution >= 4 is 33.2 Å². The first kappa shape index (κ1) is 23.3. The third-order valence-corrected chi connectivity index (χ3v) is 8.10. The molecule has 35 heavy (non-hydrogen) atoms. The van der Waals surface area contributed by atoms with Crippen molar-refractivity contribution in [2.24, 2.45) is 0 Å². The number of benzene rings is 2. The van der Waals surface area contributed by atoms with Gasteiger partial charge in [-0.3, -0.25) is 4.72 Å². The monoisotopic (exact) mass is 514 g/mol. The van der Waals surface area contributed by atoms with Gasteiger partial charge in [0.2, 0.25) is 5.95 Å². The molecule has 3 N–H and O–H groups in total. The van der Waals surface area contributed by atoms with E-state index in [9.17, 15) is 12.8 Å². The molecular formula is C23H20F2N6O2S2. The van der Waals surface area contributed by atoms with Gasteiger partial charge in [0.15, 0.2) is 5.82 Å². The van der Waals surface area contributed by atoms with Gasteiger partial charge in [0.05, 0.1) is 22.0 Å². The second-order valence-electron chi connectivity index (χ2n) is 7.88. The van der Waals surface area contributed by atoms with E-state index >= 15 is 4.39 Å². The number of halogens is 2. The predicted molar refractivity (Wildman–Crippen MR) is 132 cm³/mol. The quantitative estimate of drug-likeness (QED) is 0.395. The van der Waals surface area contributed by atoms with Gasteiger partial charge < -0.3 is 5.73 Å². The van der Waals surface area contributed by atoms with Crippen LogP contribution in [0.3, 0.4) is 0 Å². The van der Waals surface area contributed by atoms with Crippen LogP contribution in [0, 0.1) is 5.82 Å². The lowest BCUT2D eigenvalue weighted by molar-refractivity contribution is 0.343. The van der Waals surface area contributed by atoms with Crippen molar-refractivity contribution in [3.8, 4) is 32.4 Å². The molecule has 1 aliphatic heterocycles. The molecule has 4 aromatic rings. The zero-order valence-corrected chi connectivity index (χ0v) is 19.9. The van der Waals surface area contributed by atoms with Crippen molar-refractivity contribution in [1.82, 2.24) is 19.3 Å². The van der Waals surface area contributed by atoms with Crippen molar-refractivity contribution in [2.75, 3.05) is 23.5 Å². The highest BCUT2D eigenvalue weighted by atomic mass is 32.2. The van der Waals surface area contributed by atoms with E-state index in [1.807, 2.05) is 30.3 Å². The summed E-state index contributed by atoms with van der Waals surface area (Å²) in [7, 11) is -4.12. The largest absolute Gasteiger partial charge is 0.368 e. The van der Waals surface area contributed by atoms with Crippen LogP contribution in [0.4, 0.5) is 20.4 Å². The van der Waals surface area contributed by atoms with Crippen LogP contribution in [0.2, 0.25) is 0 Å². The maximum atomic E-state index is 15.7. The summed E-state index contributed by atoms with van der Waals surface area (Å²) < 4.78 is 57.9. The fourth-order valence-electron chi connectivity index (χ4n) is 3.78. The summed E-state index contributed by atoms with van der Waals surface area (Å²) in [6, 6.07) is 15.4. The highest BCUT2D eigenvalue weighted by Gasteiger charge is 2.32. The number of nitrogens with one attached hydrogen (secondary N) is 1. The van der Waals surface area contributed by atoms with Crippen LogP contribution >= 0.6 is 11.3 Å². The minimum atomic E-state index is -4.12. The molecule has 0 spiro atoms. The first-order chi connectivity index (χ1) is 16.8. The molecule has 0 bridgehead atoms. The number of hydrogen-bond donors (Lipinski definition) is 2. The Morgan fingerprint density at radius 2 is 1.89 bits per heavy atom. The molecule has 180 valence electrons. The number of rotatable bonds is 6. The Balaban J connectivity index is 1.60. The van der Waals surface area contributed by atoms with Gasteiger partial charge in [-0.05, 0) is 24.6 Å². The lowest BCUT2D eigenvalue weighted by Crippen LogP contribution is -2.34. The molecule has 2 aromatic heterocycles. The topological polar surface area (TPSA) is 114 Å². The number of hydrogen-bond acceptors (Lipinski definition) is 7. The number of nitrogens with zero attached hydrogens (tertiary/aromatic N) is 4. The molecule has 0 radical (unpaired) electrons. The van der Waals surface area contributed by atoms with E-state index in [0.717, 1.165) is 9.87 Å². The molecule has 1 atom stereocenters. The fourth-order valence-corrected chi connectivity index (χ4v) is 6.11. The molecule has 0 amide bonds. The molecule has 8 nitrogen and oxygen atoms in total. The second kappa shape index (κ2) is 9.29. The number of aromatic nitrogens is 3. The Bertz CT molecular complexity index is 1480. The molecule has 3 heterocycles. The van der Waals surface area contributed by atoms with Crippen LogP contribution in [0.1, 0.15) is 6.42 Å². The van der Waals surface area contributed by atoms with Gasteiger partial charge in [0, 0.05) is 30.4 Å². The molecule has 5 rings (SSSR count). The molecular weight excluding hydrogens is 494 g/mol. The third-order valence-electron chi connectivity index (χ3n) is 5.48. The molecule has 0 aliphatic carbocycles. The summed E-state index contributed by atoms with van der Waals surface area (Å²) >= 11 is 1.31. The number of alkyl halides is 1. The normalized spacial score (nSPS) is 16.5. The number of anilines is 2. The maximum Gasteiger partial charge on any atom is 0.301 e. The zero-order valence-electron chi connectivity index (χ0n) is 18.2. The van der Waals surface area contributed by atoms with Gasteiger partial charge in [-0.15, -0.1) is 11.3 Å². The van der Waals surface area contributed by atoms with Gasteiger partial charge in [-0.1, -0.05) is 36.4 Å². The second-order valence-corrected chi connectivity index (χ2v) is 10.6. The van der Waals surface area contributed by atoms with E-state index in [0.29, 0.717) is 15.6 Å². The summed E-state index contributed by atoms with van der Waals surface area (Å²) in [6.45, 7) is -0.230. The molecule has 12 heteroatoms. The van der Waals surface area contributed by atoms with Crippen LogP contribution in [0.25, 0.3) is 32.4 Å². The molecule has 1 fully saturated rings. The van der Waals surface area contributed by atoms with Gasteiger partial charge >= 0.3 is 10.2 Å². The van der Waals surface area contributed by atoms with Crippen LogP contribution in [0.5, 0.6) is 0 Å². The zero-order chi connectivity index (χ0) is 24.6. The standard InChI is InChI=1S/C23H20F2N6O2S2/c24-15-10-12-31(13-15)35(32,33)30-17-8-4-7-16(19(17)25)20-21(18-9-11-27-23(26)28-18)34-22(29-20)14-5-2-1-3-6-14/h1-9,11,15,30H,10,12-13H2,(H2,26,27,28)/t15-/m0/s1. The minimum Gasteiger partial charge on any atom is -0.368 e. The molecule has 1 aliphatic rings. The van der Waals surface area contributed by atoms with E-state index in [1.54, 1.807) is 6.07 Å².